The summed E-state index contributed by atoms with van der Waals surface area (Å²) in [6.07, 6.45) is 4.96. The van der Waals surface area contributed by atoms with Gasteiger partial charge in [-0.3, -0.25) is 0 Å². The quantitative estimate of drug-likeness (QED) is 0.914. The predicted molar refractivity (Wildman–Crippen MR) is 97.4 cm³/mol. The minimum Gasteiger partial charge on any atom is -0.378 e. The van der Waals surface area contributed by atoms with Gasteiger partial charge in [-0.15, -0.1) is 0 Å². The van der Waals surface area contributed by atoms with Crippen molar-refractivity contribution in [1.29, 1.82) is 0 Å². The molecule has 7 heteroatoms. The van der Waals surface area contributed by atoms with Gasteiger partial charge in [0.15, 0.2) is 5.65 Å². The van der Waals surface area contributed by atoms with Crippen LogP contribution < -0.4 is 15.1 Å². The summed E-state index contributed by atoms with van der Waals surface area (Å²) < 4.78 is 7.58. The highest BCUT2D eigenvalue weighted by atomic mass is 16.5. The molecule has 0 saturated carbocycles. The summed E-state index contributed by atoms with van der Waals surface area (Å²) >= 11 is 0. The first-order valence-electron chi connectivity index (χ1n) is 9.60. The molecule has 3 aliphatic heterocycles. The van der Waals surface area contributed by atoms with Gasteiger partial charge in [0.1, 0.15) is 11.6 Å². The maximum absolute atomic E-state index is 5.54. The van der Waals surface area contributed by atoms with E-state index in [2.05, 4.69) is 27.2 Å². The van der Waals surface area contributed by atoms with E-state index in [1.54, 1.807) is 0 Å². The summed E-state index contributed by atoms with van der Waals surface area (Å²) in [5, 5.41) is 8.55. The van der Waals surface area contributed by atoms with Crippen LogP contribution in [0.3, 0.4) is 0 Å². The minimum atomic E-state index is 0.362. The molecule has 5 rings (SSSR count). The number of fused-ring (bicyclic) bond motifs is 1. The first-order valence-corrected chi connectivity index (χ1v) is 9.60. The predicted octanol–water partition coefficient (Wildman–Crippen LogP) is 1.59. The van der Waals surface area contributed by atoms with Gasteiger partial charge >= 0.3 is 0 Å². The normalized spacial score (nSPS) is 24.6. The fourth-order valence-corrected chi connectivity index (χ4v) is 3.96. The van der Waals surface area contributed by atoms with Crippen LogP contribution in [0.15, 0.2) is 12.1 Å². The van der Waals surface area contributed by atoms with Crippen LogP contribution in [0.5, 0.6) is 0 Å². The van der Waals surface area contributed by atoms with E-state index in [0.29, 0.717) is 6.04 Å². The number of hydrogen-bond donors (Lipinski definition) is 1. The summed E-state index contributed by atoms with van der Waals surface area (Å²) in [6.45, 7) is 6.68. The van der Waals surface area contributed by atoms with Gasteiger partial charge in [-0.25, -0.2) is 4.98 Å². The molecule has 1 atom stereocenters. The minimum absolute atomic E-state index is 0.362. The molecule has 1 unspecified atom stereocenters. The van der Waals surface area contributed by atoms with Crippen molar-refractivity contribution < 1.29 is 4.74 Å². The third-order valence-electron chi connectivity index (χ3n) is 5.60. The molecule has 0 bridgehead atoms. The molecule has 2 aromatic heterocycles. The Morgan fingerprint density at radius 3 is 2.60 bits per heavy atom. The molecular formula is C18H26N6O. The Kier molecular flexibility index (Phi) is 3.98. The molecule has 1 N–H and O–H groups in total. The second kappa shape index (κ2) is 6.46. The number of anilines is 2. The number of ether oxygens (including phenoxy) is 1. The molecule has 3 fully saturated rings. The number of piperidine rings is 1. The van der Waals surface area contributed by atoms with Crippen LogP contribution in [0, 0.1) is 0 Å². The lowest BCUT2D eigenvalue weighted by molar-refractivity contribution is 0.122. The molecule has 7 nitrogen and oxygen atoms in total. The van der Waals surface area contributed by atoms with Crippen LogP contribution >= 0.6 is 0 Å². The molecule has 0 aliphatic carbocycles. The molecule has 2 aromatic rings. The van der Waals surface area contributed by atoms with Crippen molar-refractivity contribution in [3.8, 4) is 0 Å². The lowest BCUT2D eigenvalue weighted by Gasteiger charge is -2.34. The first kappa shape index (κ1) is 15.4. The zero-order valence-electron chi connectivity index (χ0n) is 14.7. The van der Waals surface area contributed by atoms with Gasteiger partial charge in [-0.2, -0.15) is 9.61 Å². The van der Waals surface area contributed by atoms with Crippen molar-refractivity contribution in [2.75, 3.05) is 55.7 Å². The van der Waals surface area contributed by atoms with Crippen LogP contribution in [0.25, 0.3) is 5.65 Å². The molecule has 3 aliphatic rings. The smallest absolute Gasteiger partial charge is 0.160 e. The van der Waals surface area contributed by atoms with Crippen molar-refractivity contribution in [1.82, 2.24) is 19.9 Å². The van der Waals surface area contributed by atoms with E-state index >= 15 is 0 Å². The van der Waals surface area contributed by atoms with Crippen LogP contribution in [0.1, 0.15) is 37.4 Å². The summed E-state index contributed by atoms with van der Waals surface area (Å²) in [7, 11) is 0. The van der Waals surface area contributed by atoms with E-state index in [9.17, 15) is 0 Å². The third-order valence-corrected chi connectivity index (χ3v) is 5.60. The van der Waals surface area contributed by atoms with Crippen molar-refractivity contribution in [3.05, 3.63) is 17.8 Å². The van der Waals surface area contributed by atoms with Crippen molar-refractivity contribution in [2.45, 2.75) is 31.7 Å². The van der Waals surface area contributed by atoms with E-state index in [1.807, 2.05) is 4.52 Å². The van der Waals surface area contributed by atoms with Gasteiger partial charge in [-0.1, -0.05) is 6.42 Å². The van der Waals surface area contributed by atoms with Crippen molar-refractivity contribution in [2.24, 2.45) is 0 Å². The van der Waals surface area contributed by atoms with Gasteiger partial charge in [0.05, 0.1) is 24.9 Å². The Morgan fingerprint density at radius 2 is 1.88 bits per heavy atom. The first-order chi connectivity index (χ1) is 12.4. The standard InChI is InChI=1S/C18H26N6O/c1-2-5-19-14(4-1)15-12-17-20-16(22-6-3-7-22)13-18(24(17)21-15)23-8-10-25-11-9-23/h12-14,19H,1-11H2. The van der Waals surface area contributed by atoms with E-state index < -0.39 is 0 Å². The van der Waals surface area contributed by atoms with Crippen LogP contribution in [0.4, 0.5) is 11.6 Å². The number of rotatable bonds is 3. The van der Waals surface area contributed by atoms with E-state index in [0.717, 1.165) is 75.3 Å². The second-order valence-electron chi connectivity index (χ2n) is 7.25. The molecule has 0 radical (unpaired) electrons. The Morgan fingerprint density at radius 1 is 1.00 bits per heavy atom. The highest BCUT2D eigenvalue weighted by Crippen LogP contribution is 2.29. The summed E-state index contributed by atoms with van der Waals surface area (Å²) in [5.74, 6) is 2.24. The zero-order valence-corrected chi connectivity index (χ0v) is 14.7. The lowest BCUT2D eigenvalue weighted by atomic mass is 10.0. The van der Waals surface area contributed by atoms with Crippen LogP contribution in [-0.2, 0) is 4.74 Å². The Balaban J connectivity index is 1.56. The average molecular weight is 342 g/mol. The van der Waals surface area contributed by atoms with Gasteiger partial charge in [0.25, 0.3) is 0 Å². The van der Waals surface area contributed by atoms with Gasteiger partial charge < -0.3 is 19.9 Å². The molecule has 134 valence electrons. The number of hydrogen-bond acceptors (Lipinski definition) is 6. The topological polar surface area (TPSA) is 57.9 Å². The fourth-order valence-electron chi connectivity index (χ4n) is 3.96. The summed E-state index contributed by atoms with van der Waals surface area (Å²) in [5.41, 5.74) is 2.09. The number of aromatic nitrogens is 3. The Hall–Kier alpha value is -1.86. The maximum atomic E-state index is 5.54. The monoisotopic (exact) mass is 342 g/mol. The third kappa shape index (κ3) is 2.85. The molecule has 5 heterocycles. The van der Waals surface area contributed by atoms with E-state index in [-0.39, 0.29) is 0 Å². The number of nitrogens with zero attached hydrogens (tertiary/aromatic N) is 5. The molecule has 3 saturated heterocycles. The van der Waals surface area contributed by atoms with Crippen molar-refractivity contribution >= 4 is 17.3 Å². The highest BCUT2D eigenvalue weighted by molar-refractivity contribution is 5.60. The average Bonchev–Trinajstić information content (AvgIpc) is 3.05. The van der Waals surface area contributed by atoms with E-state index in [1.165, 1.54) is 19.3 Å². The van der Waals surface area contributed by atoms with E-state index in [4.69, 9.17) is 14.8 Å². The van der Waals surface area contributed by atoms with Gasteiger partial charge in [-0.05, 0) is 25.8 Å². The highest BCUT2D eigenvalue weighted by Gasteiger charge is 2.24. The zero-order chi connectivity index (χ0) is 16.6. The molecule has 0 aromatic carbocycles. The summed E-state index contributed by atoms with van der Waals surface area (Å²) in [6, 6.07) is 4.75. The van der Waals surface area contributed by atoms with Crippen LogP contribution in [-0.4, -0.2) is 60.5 Å². The van der Waals surface area contributed by atoms with Crippen LogP contribution in [0.2, 0.25) is 0 Å². The molecular weight excluding hydrogens is 316 g/mol. The Labute approximate surface area is 148 Å². The molecule has 25 heavy (non-hydrogen) atoms. The summed E-state index contributed by atoms with van der Waals surface area (Å²) in [4.78, 5) is 9.65. The number of nitrogens with one attached hydrogen (secondary N) is 1. The Bertz CT molecular complexity index is 743. The SMILES string of the molecule is c1c(N2CCC2)nc2cc(C3CCCCN3)nn2c1N1CCOCC1. The van der Waals surface area contributed by atoms with Gasteiger partial charge in [0, 0.05) is 38.3 Å². The second-order valence-corrected chi connectivity index (χ2v) is 7.25. The largest absolute Gasteiger partial charge is 0.378 e. The molecule has 0 spiro atoms. The van der Waals surface area contributed by atoms with Crippen molar-refractivity contribution in [3.63, 3.8) is 0 Å². The maximum Gasteiger partial charge on any atom is 0.160 e. The molecule has 0 amide bonds. The van der Waals surface area contributed by atoms with Gasteiger partial charge in [0.2, 0.25) is 0 Å². The number of morpholine rings is 1. The fraction of sp³-hybridized carbons (Fsp3) is 0.667. The lowest BCUT2D eigenvalue weighted by Crippen LogP contribution is -2.39.